The summed E-state index contributed by atoms with van der Waals surface area (Å²) in [6.45, 7) is 4.21. The van der Waals surface area contributed by atoms with E-state index in [2.05, 4.69) is 45.8 Å². The van der Waals surface area contributed by atoms with Crippen molar-refractivity contribution in [3.63, 3.8) is 0 Å². The molecule has 1 atom stereocenters. The standard InChI is InChI=1S/C25H25N5OS/c1-18-17-29(25-27-23(28-32-25)16-19-8-3-2-4-9-19)14-15-30(18)24(31)26-22-13-7-11-20-10-5-6-12-21(20)22/h2-13,18H,14-17H2,1H3,(H,26,31). The van der Waals surface area contributed by atoms with E-state index in [0.29, 0.717) is 6.54 Å². The molecule has 2 heterocycles. The van der Waals surface area contributed by atoms with E-state index in [1.807, 2.05) is 53.4 Å². The fourth-order valence-corrected chi connectivity index (χ4v) is 4.90. The maximum atomic E-state index is 13.0. The van der Waals surface area contributed by atoms with Gasteiger partial charge in [0.1, 0.15) is 5.82 Å². The van der Waals surface area contributed by atoms with Gasteiger partial charge in [0.2, 0.25) is 5.13 Å². The highest BCUT2D eigenvalue weighted by Gasteiger charge is 2.29. The Hall–Kier alpha value is -3.45. The van der Waals surface area contributed by atoms with E-state index in [9.17, 15) is 4.79 Å². The zero-order valence-electron chi connectivity index (χ0n) is 17.9. The number of carbonyl (C=O) groups is 1. The largest absolute Gasteiger partial charge is 0.343 e. The van der Waals surface area contributed by atoms with Gasteiger partial charge in [0, 0.05) is 49.0 Å². The number of hydrogen-bond donors (Lipinski definition) is 1. The minimum atomic E-state index is -0.0597. The van der Waals surface area contributed by atoms with Crippen molar-refractivity contribution < 1.29 is 4.79 Å². The Morgan fingerprint density at radius 1 is 1.03 bits per heavy atom. The zero-order valence-corrected chi connectivity index (χ0v) is 18.8. The number of fused-ring (bicyclic) bond motifs is 1. The number of benzene rings is 3. The predicted molar refractivity (Wildman–Crippen MR) is 131 cm³/mol. The van der Waals surface area contributed by atoms with Crippen LogP contribution in [0.5, 0.6) is 0 Å². The highest BCUT2D eigenvalue weighted by atomic mass is 32.1. The monoisotopic (exact) mass is 443 g/mol. The molecule has 1 aromatic heterocycles. The SMILES string of the molecule is CC1CN(c2nc(Cc3ccccc3)ns2)CCN1C(=O)Nc1cccc2ccccc12. The summed E-state index contributed by atoms with van der Waals surface area (Å²) in [7, 11) is 0. The first-order valence-electron chi connectivity index (χ1n) is 10.8. The van der Waals surface area contributed by atoms with Gasteiger partial charge in [-0.05, 0) is 23.9 Å². The molecule has 0 saturated carbocycles. The number of hydrogen-bond acceptors (Lipinski definition) is 5. The van der Waals surface area contributed by atoms with Crippen LogP contribution in [0.2, 0.25) is 0 Å². The Morgan fingerprint density at radius 2 is 1.81 bits per heavy atom. The van der Waals surface area contributed by atoms with E-state index in [4.69, 9.17) is 4.98 Å². The minimum Gasteiger partial charge on any atom is -0.343 e. The van der Waals surface area contributed by atoms with E-state index >= 15 is 0 Å². The Balaban J connectivity index is 1.23. The third-order valence-electron chi connectivity index (χ3n) is 5.85. The average molecular weight is 444 g/mol. The summed E-state index contributed by atoms with van der Waals surface area (Å²) in [5.74, 6) is 0.847. The van der Waals surface area contributed by atoms with Crippen molar-refractivity contribution in [3.8, 4) is 0 Å². The molecule has 4 aromatic rings. The molecule has 1 unspecified atom stereocenters. The molecule has 32 heavy (non-hydrogen) atoms. The van der Waals surface area contributed by atoms with Crippen LogP contribution in [0.25, 0.3) is 10.8 Å². The average Bonchev–Trinajstić information content (AvgIpc) is 3.28. The van der Waals surface area contributed by atoms with Crippen LogP contribution in [0.15, 0.2) is 72.8 Å². The van der Waals surface area contributed by atoms with E-state index in [1.165, 1.54) is 17.1 Å². The molecule has 1 aliphatic heterocycles. The molecular formula is C25H25N5OS. The van der Waals surface area contributed by atoms with Crippen molar-refractivity contribution in [2.75, 3.05) is 29.9 Å². The zero-order chi connectivity index (χ0) is 21.9. The first-order valence-corrected chi connectivity index (χ1v) is 11.6. The van der Waals surface area contributed by atoms with Gasteiger partial charge in [0.05, 0.1) is 5.69 Å². The topological polar surface area (TPSA) is 61.4 Å². The molecule has 0 aliphatic carbocycles. The van der Waals surface area contributed by atoms with Crippen LogP contribution < -0.4 is 10.2 Å². The van der Waals surface area contributed by atoms with Gasteiger partial charge in [-0.25, -0.2) is 9.78 Å². The summed E-state index contributed by atoms with van der Waals surface area (Å²) < 4.78 is 4.55. The third-order valence-corrected chi connectivity index (χ3v) is 6.67. The highest BCUT2D eigenvalue weighted by Crippen LogP contribution is 2.25. The Morgan fingerprint density at radius 3 is 2.66 bits per heavy atom. The molecular weight excluding hydrogens is 418 g/mol. The molecule has 0 spiro atoms. The Kier molecular flexibility index (Phi) is 5.73. The lowest BCUT2D eigenvalue weighted by molar-refractivity contribution is 0.185. The molecule has 3 aromatic carbocycles. The maximum absolute atomic E-state index is 13.0. The fraction of sp³-hybridized carbons (Fsp3) is 0.240. The molecule has 7 heteroatoms. The Bertz CT molecular complexity index is 1220. The fourth-order valence-electron chi connectivity index (χ4n) is 4.18. The van der Waals surface area contributed by atoms with Gasteiger partial charge >= 0.3 is 6.03 Å². The number of aromatic nitrogens is 2. The van der Waals surface area contributed by atoms with Gasteiger partial charge < -0.3 is 15.1 Å². The number of nitrogens with one attached hydrogen (secondary N) is 1. The van der Waals surface area contributed by atoms with Crippen LogP contribution in [0, 0.1) is 0 Å². The van der Waals surface area contributed by atoms with Crippen molar-refractivity contribution in [1.29, 1.82) is 0 Å². The van der Waals surface area contributed by atoms with E-state index in [1.54, 1.807) is 0 Å². The number of nitrogens with zero attached hydrogens (tertiary/aromatic N) is 4. The highest BCUT2D eigenvalue weighted by molar-refractivity contribution is 7.09. The number of amides is 2. The number of piperazine rings is 1. The molecule has 2 amide bonds. The number of rotatable bonds is 4. The molecule has 162 valence electrons. The lowest BCUT2D eigenvalue weighted by atomic mass is 10.1. The lowest BCUT2D eigenvalue weighted by Crippen LogP contribution is -2.55. The van der Waals surface area contributed by atoms with Gasteiger partial charge in [-0.2, -0.15) is 4.37 Å². The molecule has 1 saturated heterocycles. The second-order valence-electron chi connectivity index (χ2n) is 8.10. The van der Waals surface area contributed by atoms with E-state index in [-0.39, 0.29) is 12.1 Å². The smallest absolute Gasteiger partial charge is 0.322 e. The van der Waals surface area contributed by atoms with Gasteiger partial charge in [0.15, 0.2) is 0 Å². The second-order valence-corrected chi connectivity index (χ2v) is 8.83. The Labute approximate surface area is 191 Å². The summed E-state index contributed by atoms with van der Waals surface area (Å²) >= 11 is 1.44. The summed E-state index contributed by atoms with van der Waals surface area (Å²) in [6.07, 6.45) is 0.736. The molecule has 5 rings (SSSR count). The van der Waals surface area contributed by atoms with Gasteiger partial charge in [-0.15, -0.1) is 0 Å². The van der Waals surface area contributed by atoms with Crippen LogP contribution >= 0.6 is 11.5 Å². The second kappa shape index (κ2) is 8.96. The van der Waals surface area contributed by atoms with Gasteiger partial charge in [-0.1, -0.05) is 66.7 Å². The van der Waals surface area contributed by atoms with Crippen molar-refractivity contribution in [2.24, 2.45) is 0 Å². The molecule has 1 aliphatic rings. The van der Waals surface area contributed by atoms with Crippen LogP contribution in [-0.2, 0) is 6.42 Å². The van der Waals surface area contributed by atoms with Crippen LogP contribution in [0.4, 0.5) is 15.6 Å². The molecule has 0 bridgehead atoms. The minimum absolute atomic E-state index is 0.0597. The molecule has 1 N–H and O–H groups in total. The summed E-state index contributed by atoms with van der Waals surface area (Å²) in [5, 5.41) is 6.21. The van der Waals surface area contributed by atoms with Gasteiger partial charge in [-0.3, -0.25) is 0 Å². The normalized spacial score (nSPS) is 16.3. The number of anilines is 2. The summed E-state index contributed by atoms with van der Waals surface area (Å²) in [6, 6.07) is 24.4. The van der Waals surface area contributed by atoms with Crippen LogP contribution in [0.3, 0.4) is 0 Å². The number of urea groups is 1. The first kappa shape index (κ1) is 20.5. The predicted octanol–water partition coefficient (Wildman–Crippen LogP) is 5.02. The van der Waals surface area contributed by atoms with E-state index in [0.717, 1.165) is 46.9 Å². The van der Waals surface area contributed by atoms with Crippen LogP contribution in [0.1, 0.15) is 18.3 Å². The van der Waals surface area contributed by atoms with Crippen molar-refractivity contribution in [3.05, 3.63) is 84.2 Å². The number of carbonyl (C=O) groups excluding carboxylic acids is 1. The lowest BCUT2D eigenvalue weighted by Gasteiger charge is -2.39. The summed E-state index contributed by atoms with van der Waals surface area (Å²) in [5.41, 5.74) is 2.05. The summed E-state index contributed by atoms with van der Waals surface area (Å²) in [4.78, 5) is 21.9. The van der Waals surface area contributed by atoms with Gasteiger partial charge in [0.25, 0.3) is 0 Å². The van der Waals surface area contributed by atoms with Crippen molar-refractivity contribution in [1.82, 2.24) is 14.3 Å². The van der Waals surface area contributed by atoms with Crippen molar-refractivity contribution in [2.45, 2.75) is 19.4 Å². The third kappa shape index (κ3) is 4.29. The molecule has 0 radical (unpaired) electrons. The quantitative estimate of drug-likeness (QED) is 0.481. The first-order chi connectivity index (χ1) is 15.7. The van der Waals surface area contributed by atoms with Crippen LogP contribution in [-0.4, -0.2) is 46.0 Å². The molecule has 1 fully saturated rings. The maximum Gasteiger partial charge on any atom is 0.322 e. The van der Waals surface area contributed by atoms with E-state index < -0.39 is 0 Å². The van der Waals surface area contributed by atoms with Crippen molar-refractivity contribution >= 4 is 39.2 Å². The molecule has 6 nitrogen and oxygen atoms in total.